The van der Waals surface area contributed by atoms with Gasteiger partial charge in [0.1, 0.15) is 5.52 Å². The molecule has 15 heavy (non-hydrogen) atoms. The fourth-order valence-electron chi connectivity index (χ4n) is 2.17. The first kappa shape index (κ1) is 9.36. The Hall–Kier alpha value is -0.870. The number of nitrogens with zero attached hydrogens (tertiary/aromatic N) is 2. The van der Waals surface area contributed by atoms with Crippen LogP contribution >= 0.6 is 15.9 Å². The van der Waals surface area contributed by atoms with E-state index in [1.807, 2.05) is 6.07 Å². The van der Waals surface area contributed by atoms with Crippen LogP contribution in [-0.2, 0) is 6.54 Å². The van der Waals surface area contributed by atoms with Gasteiger partial charge in [-0.3, -0.25) is 4.68 Å². The van der Waals surface area contributed by atoms with E-state index >= 15 is 0 Å². The summed E-state index contributed by atoms with van der Waals surface area (Å²) in [7, 11) is 0. The topological polar surface area (TPSA) is 29.9 Å². The van der Waals surface area contributed by atoms with Crippen molar-refractivity contribution in [3.8, 4) is 0 Å². The van der Waals surface area contributed by atoms with Crippen LogP contribution in [0.3, 0.4) is 0 Å². The van der Waals surface area contributed by atoms with Gasteiger partial charge >= 0.3 is 0 Å². The average molecular weight is 266 g/mol. The summed E-state index contributed by atoms with van der Waals surface area (Å²) in [6.45, 7) is 4.10. The van der Waals surface area contributed by atoms with Crippen molar-refractivity contribution in [3.63, 3.8) is 0 Å². The summed E-state index contributed by atoms with van der Waals surface area (Å²) in [5.74, 6) is 0. The van der Waals surface area contributed by atoms with Crippen LogP contribution in [0.15, 0.2) is 22.7 Å². The highest BCUT2D eigenvalue weighted by atomic mass is 79.9. The minimum atomic E-state index is 0.438. The largest absolute Gasteiger partial charge is 0.309 e. The Kier molecular flexibility index (Phi) is 2.07. The maximum Gasteiger partial charge on any atom is 0.107 e. The third kappa shape index (κ3) is 1.32. The van der Waals surface area contributed by atoms with Crippen molar-refractivity contribution in [2.75, 3.05) is 6.54 Å². The number of rotatable bonds is 0. The van der Waals surface area contributed by atoms with Gasteiger partial charge in [-0.15, -0.1) is 0 Å². The third-order valence-electron chi connectivity index (χ3n) is 2.93. The number of nitrogens with one attached hydrogen (secondary N) is 1. The lowest BCUT2D eigenvalue weighted by Crippen LogP contribution is -2.31. The molecular formula is C11H12BrN3. The molecule has 1 N–H and O–H groups in total. The minimum absolute atomic E-state index is 0.438. The molecule has 0 bridgehead atoms. The number of hydrogen-bond donors (Lipinski definition) is 1. The smallest absolute Gasteiger partial charge is 0.107 e. The zero-order chi connectivity index (χ0) is 10.4. The van der Waals surface area contributed by atoms with E-state index in [-0.39, 0.29) is 0 Å². The fraction of sp³-hybridized carbons (Fsp3) is 0.364. The van der Waals surface area contributed by atoms with Crippen LogP contribution in [0.4, 0.5) is 0 Å². The van der Waals surface area contributed by atoms with Crippen molar-refractivity contribution in [3.05, 3.63) is 28.4 Å². The van der Waals surface area contributed by atoms with Gasteiger partial charge in [0.15, 0.2) is 0 Å². The lowest BCUT2D eigenvalue weighted by atomic mass is 10.1. The van der Waals surface area contributed by atoms with Crippen LogP contribution in [0.25, 0.3) is 10.9 Å². The molecule has 4 heteroatoms. The molecule has 1 aromatic carbocycles. The summed E-state index contributed by atoms with van der Waals surface area (Å²) in [6, 6.07) is 6.68. The molecule has 1 aliphatic rings. The summed E-state index contributed by atoms with van der Waals surface area (Å²) in [4.78, 5) is 0. The Labute approximate surface area is 96.6 Å². The van der Waals surface area contributed by atoms with Gasteiger partial charge in [0, 0.05) is 22.9 Å². The van der Waals surface area contributed by atoms with Crippen LogP contribution in [0.2, 0.25) is 0 Å². The minimum Gasteiger partial charge on any atom is -0.309 e. The van der Waals surface area contributed by atoms with Crippen molar-refractivity contribution in [2.24, 2.45) is 0 Å². The Balaban J connectivity index is 2.35. The van der Waals surface area contributed by atoms with Gasteiger partial charge in [0.2, 0.25) is 0 Å². The van der Waals surface area contributed by atoms with Gasteiger partial charge in [-0.05, 0) is 28.9 Å². The molecule has 0 aliphatic carbocycles. The van der Waals surface area contributed by atoms with Crippen LogP contribution in [-0.4, -0.2) is 16.3 Å². The number of halogens is 1. The van der Waals surface area contributed by atoms with E-state index in [2.05, 4.69) is 50.1 Å². The molecule has 0 fully saturated rings. The molecule has 2 heterocycles. The molecule has 0 saturated heterocycles. The van der Waals surface area contributed by atoms with Gasteiger partial charge in [-0.25, -0.2) is 0 Å². The average Bonchev–Trinajstić information content (AvgIpc) is 2.60. The van der Waals surface area contributed by atoms with Crippen molar-refractivity contribution >= 4 is 26.8 Å². The Bertz CT molecular complexity index is 518. The van der Waals surface area contributed by atoms with Crippen LogP contribution in [0.1, 0.15) is 18.7 Å². The monoisotopic (exact) mass is 265 g/mol. The molecule has 1 aliphatic heterocycles. The number of benzene rings is 1. The van der Waals surface area contributed by atoms with Crippen LogP contribution < -0.4 is 5.32 Å². The first-order valence-electron chi connectivity index (χ1n) is 5.13. The molecule has 0 saturated carbocycles. The number of hydrogen-bond acceptors (Lipinski definition) is 2. The van der Waals surface area contributed by atoms with Crippen molar-refractivity contribution in [2.45, 2.75) is 19.5 Å². The molecule has 0 unspecified atom stereocenters. The van der Waals surface area contributed by atoms with Crippen LogP contribution in [0, 0.1) is 0 Å². The van der Waals surface area contributed by atoms with E-state index in [1.54, 1.807) is 0 Å². The predicted molar refractivity (Wildman–Crippen MR) is 63.9 cm³/mol. The maximum atomic E-state index is 4.66. The highest BCUT2D eigenvalue weighted by Crippen LogP contribution is 2.28. The van der Waals surface area contributed by atoms with Crippen molar-refractivity contribution in [1.29, 1.82) is 0 Å². The highest BCUT2D eigenvalue weighted by Gasteiger charge is 2.20. The van der Waals surface area contributed by atoms with E-state index in [4.69, 9.17) is 0 Å². The second-order valence-corrected chi connectivity index (χ2v) is 4.86. The van der Waals surface area contributed by atoms with Gasteiger partial charge in [-0.2, -0.15) is 5.10 Å². The molecule has 1 atom stereocenters. The molecule has 0 amide bonds. The first-order valence-corrected chi connectivity index (χ1v) is 5.93. The normalized spacial score (nSPS) is 20.5. The maximum absolute atomic E-state index is 4.66. The zero-order valence-electron chi connectivity index (χ0n) is 8.50. The summed E-state index contributed by atoms with van der Waals surface area (Å²) in [6.07, 6.45) is 0. The Morgan fingerprint density at radius 1 is 1.53 bits per heavy atom. The molecule has 0 spiro atoms. The summed E-state index contributed by atoms with van der Waals surface area (Å²) < 4.78 is 3.22. The molecule has 2 aromatic rings. The van der Waals surface area contributed by atoms with Gasteiger partial charge < -0.3 is 5.32 Å². The molecule has 0 radical (unpaired) electrons. The quantitative estimate of drug-likeness (QED) is 0.793. The van der Waals surface area contributed by atoms with E-state index in [9.17, 15) is 0 Å². The highest BCUT2D eigenvalue weighted by molar-refractivity contribution is 9.10. The van der Waals surface area contributed by atoms with E-state index < -0.39 is 0 Å². The van der Waals surface area contributed by atoms with Crippen LogP contribution in [0.5, 0.6) is 0 Å². The first-order chi connectivity index (χ1) is 7.27. The standard InChI is InChI=1S/C11H12BrN3/c1-7-5-13-6-10-8-3-2-4-9(12)11(8)14-15(7)10/h2-4,7,13H,5-6H2,1H3/t7-/m1/s1. The molecule has 1 aromatic heterocycles. The second-order valence-electron chi connectivity index (χ2n) is 4.01. The zero-order valence-corrected chi connectivity index (χ0v) is 10.1. The summed E-state index contributed by atoms with van der Waals surface area (Å²) in [5, 5.41) is 9.33. The predicted octanol–water partition coefficient (Wildman–Crippen LogP) is 2.46. The molecule has 3 rings (SSSR count). The Morgan fingerprint density at radius 3 is 3.27 bits per heavy atom. The van der Waals surface area contributed by atoms with Crippen molar-refractivity contribution < 1.29 is 0 Å². The van der Waals surface area contributed by atoms with E-state index in [0.29, 0.717) is 6.04 Å². The third-order valence-corrected chi connectivity index (χ3v) is 3.57. The van der Waals surface area contributed by atoms with E-state index in [1.165, 1.54) is 11.1 Å². The van der Waals surface area contributed by atoms with Gasteiger partial charge in [0.05, 0.1) is 11.7 Å². The number of fused-ring (bicyclic) bond motifs is 3. The lowest BCUT2D eigenvalue weighted by molar-refractivity contribution is 0.395. The van der Waals surface area contributed by atoms with E-state index in [0.717, 1.165) is 23.1 Å². The Morgan fingerprint density at radius 2 is 2.40 bits per heavy atom. The molecular weight excluding hydrogens is 254 g/mol. The number of aromatic nitrogens is 2. The summed E-state index contributed by atoms with van der Waals surface area (Å²) in [5.41, 5.74) is 2.37. The second kappa shape index (κ2) is 3.32. The van der Waals surface area contributed by atoms with Gasteiger partial charge in [0.25, 0.3) is 0 Å². The van der Waals surface area contributed by atoms with Gasteiger partial charge in [-0.1, -0.05) is 12.1 Å². The molecule has 3 nitrogen and oxygen atoms in total. The fourth-order valence-corrected chi connectivity index (χ4v) is 2.61. The summed E-state index contributed by atoms with van der Waals surface area (Å²) >= 11 is 3.55. The SMILES string of the molecule is C[C@@H]1CNCc2c3cccc(Br)c3nn21. The van der Waals surface area contributed by atoms with Crippen molar-refractivity contribution in [1.82, 2.24) is 15.1 Å². The molecule has 78 valence electrons. The lowest BCUT2D eigenvalue weighted by Gasteiger charge is -2.21.